The van der Waals surface area contributed by atoms with Gasteiger partial charge in [0.2, 0.25) is 0 Å². The second-order valence-electron chi connectivity index (χ2n) is 6.59. The molecule has 2 aliphatic rings. The van der Waals surface area contributed by atoms with Crippen molar-refractivity contribution >= 4 is 27.4 Å². The van der Waals surface area contributed by atoms with E-state index in [1.54, 1.807) is 10.4 Å². The van der Waals surface area contributed by atoms with E-state index in [1.165, 1.54) is 35.3 Å². The summed E-state index contributed by atoms with van der Waals surface area (Å²) in [5.74, 6) is 3.00. The summed E-state index contributed by atoms with van der Waals surface area (Å²) in [6.45, 7) is 8.73. The SMILES string of the molecule is CCc1nc(N2CCNCC2)c2c3c(sc2n1)C[C@@H](C)CC3. The molecule has 4 rings (SSSR count). The maximum atomic E-state index is 4.94. The molecule has 5 heteroatoms. The van der Waals surface area contributed by atoms with Crippen LogP contribution in [0, 0.1) is 5.92 Å². The number of piperazine rings is 1. The topological polar surface area (TPSA) is 41.1 Å². The zero-order valence-electron chi connectivity index (χ0n) is 13.5. The highest BCUT2D eigenvalue weighted by Gasteiger charge is 2.26. The summed E-state index contributed by atoms with van der Waals surface area (Å²) >= 11 is 1.92. The van der Waals surface area contributed by atoms with E-state index in [1.807, 2.05) is 11.3 Å². The van der Waals surface area contributed by atoms with Gasteiger partial charge in [-0.05, 0) is 30.7 Å². The summed E-state index contributed by atoms with van der Waals surface area (Å²) in [4.78, 5) is 15.0. The molecule has 0 amide bonds. The van der Waals surface area contributed by atoms with Crippen molar-refractivity contribution in [1.29, 1.82) is 0 Å². The van der Waals surface area contributed by atoms with Crippen molar-refractivity contribution in [3.63, 3.8) is 0 Å². The normalized spacial score (nSPS) is 22.1. The Morgan fingerprint density at radius 2 is 2.09 bits per heavy atom. The summed E-state index contributed by atoms with van der Waals surface area (Å²) < 4.78 is 0. The molecule has 1 atom stereocenters. The number of anilines is 1. The van der Waals surface area contributed by atoms with Crippen molar-refractivity contribution in [2.24, 2.45) is 5.92 Å². The number of aryl methyl sites for hydroxylation is 2. The van der Waals surface area contributed by atoms with Gasteiger partial charge in [0, 0.05) is 37.5 Å². The van der Waals surface area contributed by atoms with Crippen molar-refractivity contribution in [3.05, 3.63) is 16.3 Å². The lowest BCUT2D eigenvalue weighted by atomic mass is 9.89. The van der Waals surface area contributed by atoms with Crippen LogP contribution in [0.2, 0.25) is 0 Å². The fourth-order valence-electron chi connectivity index (χ4n) is 3.63. The molecule has 118 valence electrons. The zero-order valence-corrected chi connectivity index (χ0v) is 14.3. The molecule has 1 aliphatic heterocycles. The summed E-state index contributed by atoms with van der Waals surface area (Å²) in [5, 5.41) is 4.81. The van der Waals surface area contributed by atoms with Gasteiger partial charge in [-0.2, -0.15) is 0 Å². The van der Waals surface area contributed by atoms with Gasteiger partial charge in [-0.25, -0.2) is 9.97 Å². The lowest BCUT2D eigenvalue weighted by molar-refractivity contribution is 0.509. The van der Waals surface area contributed by atoms with Crippen molar-refractivity contribution in [2.75, 3.05) is 31.1 Å². The number of nitrogens with zero attached hydrogens (tertiary/aromatic N) is 3. The van der Waals surface area contributed by atoms with Gasteiger partial charge in [0.1, 0.15) is 16.5 Å². The lowest BCUT2D eigenvalue weighted by Gasteiger charge is -2.29. The van der Waals surface area contributed by atoms with E-state index in [4.69, 9.17) is 9.97 Å². The zero-order chi connectivity index (χ0) is 15.1. The van der Waals surface area contributed by atoms with Crippen molar-refractivity contribution < 1.29 is 0 Å². The molecule has 0 aromatic carbocycles. The van der Waals surface area contributed by atoms with Crippen LogP contribution in [-0.4, -0.2) is 36.1 Å². The van der Waals surface area contributed by atoms with Crippen LogP contribution in [0.1, 0.15) is 36.5 Å². The third-order valence-corrected chi connectivity index (χ3v) is 6.06. The molecule has 0 unspecified atom stereocenters. The summed E-state index contributed by atoms with van der Waals surface area (Å²) in [7, 11) is 0. The number of nitrogens with one attached hydrogen (secondary N) is 1. The average molecular weight is 316 g/mol. The predicted octanol–water partition coefficient (Wildman–Crippen LogP) is 2.79. The summed E-state index contributed by atoms with van der Waals surface area (Å²) in [5.41, 5.74) is 1.55. The molecule has 1 N–H and O–H groups in total. The number of fused-ring (bicyclic) bond motifs is 3. The minimum atomic E-state index is 0.807. The summed E-state index contributed by atoms with van der Waals surface area (Å²) in [6, 6.07) is 0. The van der Waals surface area contributed by atoms with Crippen molar-refractivity contribution in [3.8, 4) is 0 Å². The Hall–Kier alpha value is -1.20. The van der Waals surface area contributed by atoms with E-state index in [0.29, 0.717) is 0 Å². The average Bonchev–Trinajstić information content (AvgIpc) is 2.91. The molecule has 0 spiro atoms. The second-order valence-corrected chi connectivity index (χ2v) is 7.67. The van der Waals surface area contributed by atoms with Gasteiger partial charge in [0.15, 0.2) is 0 Å². The first-order valence-electron chi connectivity index (χ1n) is 8.53. The minimum absolute atomic E-state index is 0.807. The largest absolute Gasteiger partial charge is 0.353 e. The number of hydrogen-bond acceptors (Lipinski definition) is 5. The highest BCUT2D eigenvalue weighted by Crippen LogP contribution is 2.41. The Morgan fingerprint density at radius 3 is 2.86 bits per heavy atom. The molecule has 1 fully saturated rings. The van der Waals surface area contributed by atoms with Crippen LogP contribution < -0.4 is 10.2 Å². The van der Waals surface area contributed by atoms with E-state index >= 15 is 0 Å². The summed E-state index contributed by atoms with van der Waals surface area (Å²) in [6.07, 6.45) is 4.63. The maximum absolute atomic E-state index is 4.94. The molecule has 0 saturated carbocycles. The first-order chi connectivity index (χ1) is 10.8. The van der Waals surface area contributed by atoms with E-state index < -0.39 is 0 Å². The van der Waals surface area contributed by atoms with Crippen molar-refractivity contribution in [1.82, 2.24) is 15.3 Å². The molecule has 22 heavy (non-hydrogen) atoms. The highest BCUT2D eigenvalue weighted by atomic mass is 32.1. The van der Waals surface area contributed by atoms with E-state index in [0.717, 1.165) is 44.3 Å². The van der Waals surface area contributed by atoms with Gasteiger partial charge in [0.25, 0.3) is 0 Å². The van der Waals surface area contributed by atoms with Crippen LogP contribution in [0.25, 0.3) is 10.2 Å². The van der Waals surface area contributed by atoms with E-state index in [2.05, 4.69) is 24.1 Å². The third-order valence-electron chi connectivity index (χ3n) is 4.92. The second kappa shape index (κ2) is 5.78. The molecule has 2 aromatic rings. The quantitative estimate of drug-likeness (QED) is 0.925. The lowest BCUT2D eigenvalue weighted by Crippen LogP contribution is -2.44. The van der Waals surface area contributed by atoms with Gasteiger partial charge >= 0.3 is 0 Å². The molecule has 4 nitrogen and oxygen atoms in total. The van der Waals surface area contributed by atoms with Crippen molar-refractivity contribution in [2.45, 2.75) is 39.5 Å². The molecule has 1 aliphatic carbocycles. The third kappa shape index (κ3) is 2.40. The Bertz CT molecular complexity index is 688. The predicted molar refractivity (Wildman–Crippen MR) is 93.1 cm³/mol. The molecule has 1 saturated heterocycles. The minimum Gasteiger partial charge on any atom is -0.353 e. The number of aromatic nitrogens is 2. The van der Waals surface area contributed by atoms with Crippen LogP contribution in [0.3, 0.4) is 0 Å². The highest BCUT2D eigenvalue weighted by molar-refractivity contribution is 7.19. The van der Waals surface area contributed by atoms with Crippen LogP contribution in [0.4, 0.5) is 5.82 Å². The van der Waals surface area contributed by atoms with E-state index in [9.17, 15) is 0 Å². The fraction of sp³-hybridized carbons (Fsp3) is 0.647. The number of rotatable bonds is 2. The fourth-order valence-corrected chi connectivity index (χ4v) is 5.03. The first kappa shape index (κ1) is 14.4. The Balaban J connectivity index is 1.88. The van der Waals surface area contributed by atoms with Gasteiger partial charge in [-0.3, -0.25) is 0 Å². The molecule has 0 radical (unpaired) electrons. The molecular weight excluding hydrogens is 292 g/mol. The van der Waals surface area contributed by atoms with Crippen LogP contribution in [0.15, 0.2) is 0 Å². The Morgan fingerprint density at radius 1 is 1.27 bits per heavy atom. The molecular formula is C17H24N4S. The standard InChI is InChI=1S/C17H24N4S/c1-3-14-19-16(21-8-6-18-7-9-21)15-12-5-4-11(2)10-13(12)22-17(15)20-14/h11,18H,3-10H2,1-2H3/t11-/m0/s1. The molecule has 3 heterocycles. The first-order valence-corrected chi connectivity index (χ1v) is 9.34. The smallest absolute Gasteiger partial charge is 0.141 e. The number of hydrogen-bond donors (Lipinski definition) is 1. The van der Waals surface area contributed by atoms with Gasteiger partial charge in [-0.1, -0.05) is 13.8 Å². The Labute approximate surface area is 136 Å². The van der Waals surface area contributed by atoms with Crippen LogP contribution in [0.5, 0.6) is 0 Å². The molecule has 2 aromatic heterocycles. The van der Waals surface area contributed by atoms with Gasteiger partial charge in [-0.15, -0.1) is 11.3 Å². The molecule has 0 bridgehead atoms. The maximum Gasteiger partial charge on any atom is 0.141 e. The number of thiophene rings is 1. The monoisotopic (exact) mass is 316 g/mol. The van der Waals surface area contributed by atoms with E-state index in [-0.39, 0.29) is 0 Å². The van der Waals surface area contributed by atoms with Gasteiger partial charge < -0.3 is 10.2 Å². The van der Waals surface area contributed by atoms with Gasteiger partial charge in [0.05, 0.1) is 5.39 Å². The van der Waals surface area contributed by atoms with Crippen LogP contribution in [-0.2, 0) is 19.3 Å². The van der Waals surface area contributed by atoms with Crippen LogP contribution >= 0.6 is 11.3 Å². The Kier molecular flexibility index (Phi) is 3.78.